The van der Waals surface area contributed by atoms with Gasteiger partial charge in [0.25, 0.3) is 5.56 Å². The molecule has 1 rings (SSSR count). The minimum atomic E-state index is -1.05. The van der Waals surface area contributed by atoms with Gasteiger partial charge in [0.1, 0.15) is 5.75 Å². The molecule has 0 aromatic carbocycles. The van der Waals surface area contributed by atoms with Crippen LogP contribution in [-0.4, -0.2) is 33.3 Å². The number of nitrogens with zero attached hydrogens (tertiary/aromatic N) is 1. The Morgan fingerprint density at radius 3 is 2.63 bits per heavy atom. The van der Waals surface area contributed by atoms with Crippen molar-refractivity contribution in [3.8, 4) is 5.75 Å². The van der Waals surface area contributed by atoms with E-state index in [1.165, 1.54) is 17.8 Å². The van der Waals surface area contributed by atoms with E-state index in [1.54, 1.807) is 6.92 Å². The van der Waals surface area contributed by atoms with Crippen molar-refractivity contribution in [3.63, 3.8) is 0 Å². The summed E-state index contributed by atoms with van der Waals surface area (Å²) in [6.45, 7) is 1.51. The van der Waals surface area contributed by atoms with Crippen LogP contribution in [0.25, 0.3) is 0 Å². The predicted molar refractivity (Wildman–Crippen MR) is 67.4 cm³/mol. The molecule has 1 heterocycles. The molecule has 19 heavy (non-hydrogen) atoms. The molecule has 8 nitrogen and oxygen atoms in total. The van der Waals surface area contributed by atoms with Gasteiger partial charge in [0, 0.05) is 25.4 Å². The molecule has 0 saturated carbocycles. The molecule has 0 unspecified atom stereocenters. The van der Waals surface area contributed by atoms with Gasteiger partial charge < -0.3 is 25.4 Å². The van der Waals surface area contributed by atoms with Crippen molar-refractivity contribution in [1.82, 2.24) is 9.88 Å². The summed E-state index contributed by atoms with van der Waals surface area (Å²) >= 11 is 0. The summed E-state index contributed by atoms with van der Waals surface area (Å²) in [4.78, 5) is 33.4. The van der Waals surface area contributed by atoms with Crippen molar-refractivity contribution in [2.24, 2.45) is 7.05 Å². The Balaban J connectivity index is 2.80. The molecule has 0 spiro atoms. The number of carboxylic acids is 1. The van der Waals surface area contributed by atoms with Crippen LogP contribution < -0.4 is 16.2 Å². The second-order valence-electron chi connectivity index (χ2n) is 3.98. The predicted octanol–water partition coefficient (Wildman–Crippen LogP) is -0.00448. The van der Waals surface area contributed by atoms with Gasteiger partial charge >= 0.3 is 12.0 Å². The smallest absolute Gasteiger partial charge is 0.319 e. The summed E-state index contributed by atoms with van der Waals surface area (Å²) in [5, 5.41) is 22.6. The highest BCUT2D eigenvalue weighted by Gasteiger charge is 2.14. The molecule has 0 atom stereocenters. The minimum absolute atomic E-state index is 0.0753. The Hall–Kier alpha value is -2.51. The van der Waals surface area contributed by atoms with Crippen molar-refractivity contribution in [1.29, 1.82) is 0 Å². The summed E-state index contributed by atoms with van der Waals surface area (Å²) in [6, 6.07) is -0.751. The third-order valence-corrected chi connectivity index (χ3v) is 2.39. The van der Waals surface area contributed by atoms with Crippen LogP contribution in [0.5, 0.6) is 5.75 Å². The van der Waals surface area contributed by atoms with E-state index in [-0.39, 0.29) is 24.4 Å². The molecule has 0 bridgehead atoms. The molecule has 0 aliphatic rings. The van der Waals surface area contributed by atoms with E-state index in [0.717, 1.165) is 0 Å². The Kier molecular flexibility index (Phi) is 4.51. The SMILES string of the molecule is Cc1cn(C)c(=O)c(NC(=O)NCCC(=O)O)c1O. The van der Waals surface area contributed by atoms with E-state index >= 15 is 0 Å². The zero-order valence-electron chi connectivity index (χ0n) is 10.6. The Morgan fingerprint density at radius 2 is 2.05 bits per heavy atom. The first-order chi connectivity index (χ1) is 8.82. The lowest BCUT2D eigenvalue weighted by atomic mass is 10.2. The molecule has 8 heteroatoms. The number of carbonyl (C=O) groups is 2. The monoisotopic (exact) mass is 269 g/mol. The molecule has 1 aromatic rings. The van der Waals surface area contributed by atoms with Crippen LogP contribution >= 0.6 is 0 Å². The number of carbonyl (C=O) groups excluding carboxylic acids is 1. The highest BCUT2D eigenvalue weighted by molar-refractivity contribution is 5.91. The number of anilines is 1. The van der Waals surface area contributed by atoms with Crippen LogP contribution in [0.15, 0.2) is 11.0 Å². The quantitative estimate of drug-likeness (QED) is 0.613. The van der Waals surface area contributed by atoms with Crippen molar-refractivity contribution < 1.29 is 19.8 Å². The fourth-order valence-corrected chi connectivity index (χ4v) is 1.44. The van der Waals surface area contributed by atoms with E-state index in [2.05, 4.69) is 10.6 Å². The van der Waals surface area contributed by atoms with Crippen LogP contribution in [0.3, 0.4) is 0 Å². The topological polar surface area (TPSA) is 121 Å². The molecule has 0 aliphatic heterocycles. The average molecular weight is 269 g/mol. The van der Waals surface area contributed by atoms with Crippen molar-refractivity contribution in [2.45, 2.75) is 13.3 Å². The van der Waals surface area contributed by atoms with E-state index in [4.69, 9.17) is 5.11 Å². The standard InChI is InChI=1S/C11H15N3O5/c1-6-5-14(2)10(18)8(9(6)17)13-11(19)12-4-3-7(15)16/h5,17H,3-4H2,1-2H3,(H,15,16)(H2,12,13,19). The van der Waals surface area contributed by atoms with Crippen LogP contribution in [0, 0.1) is 6.92 Å². The van der Waals surface area contributed by atoms with E-state index < -0.39 is 17.6 Å². The highest BCUT2D eigenvalue weighted by Crippen LogP contribution is 2.22. The lowest BCUT2D eigenvalue weighted by Crippen LogP contribution is -2.33. The third kappa shape index (κ3) is 3.73. The number of carboxylic acid groups (broad SMARTS) is 1. The highest BCUT2D eigenvalue weighted by atomic mass is 16.4. The summed E-state index contributed by atoms with van der Waals surface area (Å²) in [5.41, 5.74) is -0.366. The lowest BCUT2D eigenvalue weighted by Gasteiger charge is -2.11. The number of aromatic hydroxyl groups is 1. The third-order valence-electron chi connectivity index (χ3n) is 2.39. The number of amides is 2. The maximum absolute atomic E-state index is 11.7. The summed E-state index contributed by atoms with van der Waals surface area (Å²) in [5.74, 6) is -1.36. The molecule has 0 fully saturated rings. The van der Waals surface area contributed by atoms with E-state index in [9.17, 15) is 19.5 Å². The second kappa shape index (κ2) is 5.89. The fourth-order valence-electron chi connectivity index (χ4n) is 1.44. The maximum Gasteiger partial charge on any atom is 0.319 e. The summed E-state index contributed by atoms with van der Waals surface area (Å²) < 4.78 is 1.22. The number of aliphatic carboxylic acids is 1. The average Bonchev–Trinajstić information content (AvgIpc) is 2.32. The summed E-state index contributed by atoms with van der Waals surface area (Å²) in [7, 11) is 1.49. The lowest BCUT2D eigenvalue weighted by molar-refractivity contribution is -0.136. The van der Waals surface area contributed by atoms with E-state index in [1.807, 2.05) is 0 Å². The molecule has 0 radical (unpaired) electrons. The summed E-state index contributed by atoms with van der Waals surface area (Å²) in [6.07, 6.45) is 1.20. The second-order valence-corrected chi connectivity index (χ2v) is 3.98. The van der Waals surface area contributed by atoms with Crippen molar-refractivity contribution >= 4 is 17.7 Å². The van der Waals surface area contributed by atoms with Gasteiger partial charge in [-0.3, -0.25) is 9.59 Å². The van der Waals surface area contributed by atoms with Gasteiger partial charge in [-0.05, 0) is 6.92 Å². The minimum Gasteiger partial charge on any atom is -0.505 e. The number of hydrogen-bond donors (Lipinski definition) is 4. The van der Waals surface area contributed by atoms with Crippen molar-refractivity contribution in [3.05, 3.63) is 22.1 Å². The number of pyridine rings is 1. The molecule has 104 valence electrons. The zero-order chi connectivity index (χ0) is 14.6. The normalized spacial score (nSPS) is 10.0. The van der Waals surface area contributed by atoms with Crippen LogP contribution in [0.4, 0.5) is 10.5 Å². The number of aromatic nitrogens is 1. The largest absolute Gasteiger partial charge is 0.505 e. The molecule has 2 amide bonds. The molecule has 4 N–H and O–H groups in total. The number of aryl methyl sites for hydroxylation is 2. The fraction of sp³-hybridized carbons (Fsp3) is 0.364. The van der Waals surface area contributed by atoms with Crippen LogP contribution in [0.2, 0.25) is 0 Å². The first kappa shape index (κ1) is 14.6. The zero-order valence-corrected chi connectivity index (χ0v) is 10.6. The number of urea groups is 1. The molecule has 0 aliphatic carbocycles. The van der Waals surface area contributed by atoms with Gasteiger partial charge in [0.15, 0.2) is 5.69 Å². The van der Waals surface area contributed by atoms with Crippen LogP contribution in [-0.2, 0) is 11.8 Å². The van der Waals surface area contributed by atoms with Gasteiger partial charge in [-0.2, -0.15) is 0 Å². The molecule has 1 aromatic heterocycles. The van der Waals surface area contributed by atoms with Gasteiger partial charge in [0.2, 0.25) is 0 Å². The Bertz CT molecular complexity index is 564. The van der Waals surface area contributed by atoms with Gasteiger partial charge in [0.05, 0.1) is 6.42 Å². The Morgan fingerprint density at radius 1 is 1.42 bits per heavy atom. The van der Waals surface area contributed by atoms with Gasteiger partial charge in [-0.25, -0.2) is 4.79 Å². The maximum atomic E-state index is 11.7. The Labute approximate surface area is 108 Å². The van der Waals surface area contributed by atoms with Crippen molar-refractivity contribution in [2.75, 3.05) is 11.9 Å². The molecular weight excluding hydrogens is 254 g/mol. The van der Waals surface area contributed by atoms with E-state index in [0.29, 0.717) is 5.56 Å². The van der Waals surface area contributed by atoms with Gasteiger partial charge in [-0.1, -0.05) is 0 Å². The first-order valence-electron chi connectivity index (χ1n) is 5.48. The molecule has 0 saturated heterocycles. The number of nitrogens with one attached hydrogen (secondary N) is 2. The number of hydrogen-bond acceptors (Lipinski definition) is 4. The number of rotatable bonds is 4. The van der Waals surface area contributed by atoms with Gasteiger partial charge in [-0.15, -0.1) is 0 Å². The molecular formula is C11H15N3O5. The van der Waals surface area contributed by atoms with Crippen LogP contribution in [0.1, 0.15) is 12.0 Å². The first-order valence-corrected chi connectivity index (χ1v) is 5.48.